The summed E-state index contributed by atoms with van der Waals surface area (Å²) >= 11 is 0. The fourth-order valence-electron chi connectivity index (χ4n) is 3.49. The normalized spacial score (nSPS) is 17.2. The summed E-state index contributed by atoms with van der Waals surface area (Å²) in [7, 11) is -3.42. The molecule has 2 aromatic carbocycles. The standard InChI is InChI=1S/C19H19FN2O2S/c20-16-6-7-18-15(12-16)13-19(21-18)14-8-10-22(11-9-14)25(23,24)17-4-2-1-3-5-17/h1-7,12-14,21H,8-11H2. The molecule has 0 saturated carbocycles. The van der Waals surface area contributed by atoms with Gasteiger partial charge in [-0.2, -0.15) is 4.31 Å². The molecule has 0 unspecified atom stereocenters. The van der Waals surface area contributed by atoms with Gasteiger partial charge in [-0.25, -0.2) is 12.8 Å². The minimum Gasteiger partial charge on any atom is -0.358 e. The predicted molar refractivity (Wildman–Crippen MR) is 95.4 cm³/mol. The quantitative estimate of drug-likeness (QED) is 0.773. The number of halogens is 1. The van der Waals surface area contributed by atoms with E-state index in [1.54, 1.807) is 34.6 Å². The minimum absolute atomic E-state index is 0.248. The van der Waals surface area contributed by atoms with Crippen molar-refractivity contribution in [1.29, 1.82) is 0 Å². The second-order valence-corrected chi connectivity index (χ2v) is 8.39. The van der Waals surface area contributed by atoms with Gasteiger partial charge in [-0.15, -0.1) is 0 Å². The number of fused-ring (bicyclic) bond motifs is 1. The molecule has 0 bridgehead atoms. The van der Waals surface area contributed by atoms with E-state index in [1.165, 1.54) is 12.1 Å². The summed E-state index contributed by atoms with van der Waals surface area (Å²) in [4.78, 5) is 3.69. The summed E-state index contributed by atoms with van der Waals surface area (Å²) in [6, 6.07) is 15.2. The summed E-state index contributed by atoms with van der Waals surface area (Å²) in [5, 5.41) is 0.856. The van der Waals surface area contributed by atoms with Crippen LogP contribution in [0.5, 0.6) is 0 Å². The Morgan fingerprint density at radius 2 is 1.72 bits per heavy atom. The van der Waals surface area contributed by atoms with Crippen molar-refractivity contribution in [2.24, 2.45) is 0 Å². The summed E-state index contributed by atoms with van der Waals surface area (Å²) in [6.07, 6.45) is 1.50. The van der Waals surface area contributed by atoms with Crippen LogP contribution >= 0.6 is 0 Å². The van der Waals surface area contributed by atoms with Crippen molar-refractivity contribution in [3.63, 3.8) is 0 Å². The molecule has 1 saturated heterocycles. The number of rotatable bonds is 3. The summed E-state index contributed by atoms with van der Waals surface area (Å²) < 4.78 is 40.3. The fourth-order valence-corrected chi connectivity index (χ4v) is 4.99. The summed E-state index contributed by atoms with van der Waals surface area (Å²) in [5.74, 6) is 0.0134. The Hall–Kier alpha value is -2.18. The number of hydrogen-bond donors (Lipinski definition) is 1. The van der Waals surface area contributed by atoms with Gasteiger partial charge >= 0.3 is 0 Å². The summed E-state index contributed by atoms with van der Waals surface area (Å²) in [5.41, 5.74) is 1.97. The van der Waals surface area contributed by atoms with E-state index in [4.69, 9.17) is 0 Å². The van der Waals surface area contributed by atoms with Crippen molar-refractivity contribution in [2.75, 3.05) is 13.1 Å². The maximum absolute atomic E-state index is 13.3. The number of benzene rings is 2. The van der Waals surface area contributed by atoms with E-state index in [2.05, 4.69) is 4.98 Å². The highest BCUT2D eigenvalue weighted by atomic mass is 32.2. The first kappa shape index (κ1) is 16.3. The Balaban J connectivity index is 1.51. The van der Waals surface area contributed by atoms with Crippen LogP contribution in [0, 0.1) is 5.82 Å². The molecule has 0 spiro atoms. The van der Waals surface area contributed by atoms with Gasteiger partial charge in [0.15, 0.2) is 0 Å². The minimum atomic E-state index is -3.42. The molecule has 130 valence electrons. The zero-order valence-electron chi connectivity index (χ0n) is 13.7. The highest BCUT2D eigenvalue weighted by Crippen LogP contribution is 2.32. The van der Waals surface area contributed by atoms with Gasteiger partial charge in [0.1, 0.15) is 5.82 Å². The molecule has 4 rings (SSSR count). The van der Waals surface area contributed by atoms with Gasteiger partial charge in [0.25, 0.3) is 0 Å². The number of piperidine rings is 1. The maximum Gasteiger partial charge on any atom is 0.243 e. The van der Waals surface area contributed by atoms with E-state index in [0.29, 0.717) is 18.0 Å². The number of nitrogens with one attached hydrogen (secondary N) is 1. The van der Waals surface area contributed by atoms with Gasteiger partial charge in [-0.05, 0) is 49.2 Å². The molecule has 1 fully saturated rings. The van der Waals surface area contributed by atoms with Gasteiger partial charge in [0, 0.05) is 35.6 Å². The van der Waals surface area contributed by atoms with Crippen LogP contribution in [-0.4, -0.2) is 30.8 Å². The lowest BCUT2D eigenvalue weighted by molar-refractivity contribution is 0.317. The van der Waals surface area contributed by atoms with Crippen LogP contribution in [0.4, 0.5) is 4.39 Å². The highest BCUT2D eigenvalue weighted by Gasteiger charge is 2.30. The molecule has 0 amide bonds. The zero-order chi connectivity index (χ0) is 17.4. The first-order valence-corrected chi connectivity index (χ1v) is 9.81. The predicted octanol–water partition coefficient (Wildman–Crippen LogP) is 3.88. The Morgan fingerprint density at radius 1 is 1.00 bits per heavy atom. The number of aromatic nitrogens is 1. The lowest BCUT2D eigenvalue weighted by Gasteiger charge is -2.30. The topological polar surface area (TPSA) is 53.2 Å². The third-order valence-corrected chi connectivity index (χ3v) is 6.79. The van der Waals surface area contributed by atoms with Crippen LogP contribution in [0.15, 0.2) is 59.5 Å². The molecule has 4 nitrogen and oxygen atoms in total. The molecule has 0 radical (unpaired) electrons. The first-order chi connectivity index (χ1) is 12.0. The Bertz CT molecular complexity index is 991. The van der Waals surface area contributed by atoms with E-state index < -0.39 is 10.0 Å². The number of hydrogen-bond acceptors (Lipinski definition) is 2. The Morgan fingerprint density at radius 3 is 2.44 bits per heavy atom. The molecule has 0 aliphatic carbocycles. The second-order valence-electron chi connectivity index (χ2n) is 6.45. The van der Waals surface area contributed by atoms with Crippen molar-refractivity contribution in [1.82, 2.24) is 9.29 Å². The third-order valence-electron chi connectivity index (χ3n) is 4.88. The van der Waals surface area contributed by atoms with Crippen molar-refractivity contribution in [3.8, 4) is 0 Å². The molecule has 2 heterocycles. The monoisotopic (exact) mass is 358 g/mol. The first-order valence-electron chi connectivity index (χ1n) is 8.37. The Kier molecular flexibility index (Phi) is 4.09. The summed E-state index contributed by atoms with van der Waals surface area (Å²) in [6.45, 7) is 0.983. The molecular weight excluding hydrogens is 339 g/mol. The molecule has 1 aromatic heterocycles. The molecule has 6 heteroatoms. The fraction of sp³-hybridized carbons (Fsp3) is 0.263. The second kappa shape index (κ2) is 6.28. The van der Waals surface area contributed by atoms with Crippen LogP contribution in [0.1, 0.15) is 24.5 Å². The van der Waals surface area contributed by atoms with E-state index >= 15 is 0 Å². The number of sulfonamides is 1. The van der Waals surface area contributed by atoms with Gasteiger partial charge < -0.3 is 4.98 Å². The number of nitrogens with zero attached hydrogens (tertiary/aromatic N) is 1. The van der Waals surface area contributed by atoms with Crippen molar-refractivity contribution in [2.45, 2.75) is 23.7 Å². The van der Waals surface area contributed by atoms with Crippen molar-refractivity contribution >= 4 is 20.9 Å². The molecule has 3 aromatic rings. The van der Waals surface area contributed by atoms with Crippen molar-refractivity contribution in [3.05, 3.63) is 66.1 Å². The van der Waals surface area contributed by atoms with Gasteiger partial charge in [-0.3, -0.25) is 0 Å². The molecule has 1 aliphatic heterocycles. The lowest BCUT2D eigenvalue weighted by atomic mass is 9.95. The molecular formula is C19H19FN2O2S. The largest absolute Gasteiger partial charge is 0.358 e. The van der Waals surface area contributed by atoms with E-state index in [9.17, 15) is 12.8 Å². The van der Waals surface area contributed by atoms with E-state index in [1.807, 2.05) is 12.1 Å². The van der Waals surface area contributed by atoms with Crippen molar-refractivity contribution < 1.29 is 12.8 Å². The van der Waals surface area contributed by atoms with E-state index in [0.717, 1.165) is 29.4 Å². The molecule has 1 aliphatic rings. The molecule has 0 atom stereocenters. The van der Waals surface area contributed by atoms with E-state index in [-0.39, 0.29) is 11.7 Å². The lowest BCUT2D eigenvalue weighted by Crippen LogP contribution is -2.37. The SMILES string of the molecule is O=S(=O)(c1ccccc1)N1CCC(c2cc3cc(F)ccc3[nH]2)CC1. The smallest absolute Gasteiger partial charge is 0.243 e. The number of aromatic amines is 1. The van der Waals surface area contributed by atoms with Crippen LogP contribution in [-0.2, 0) is 10.0 Å². The average molecular weight is 358 g/mol. The average Bonchev–Trinajstić information content (AvgIpc) is 3.06. The highest BCUT2D eigenvalue weighted by molar-refractivity contribution is 7.89. The van der Waals surface area contributed by atoms with Gasteiger partial charge in [0.05, 0.1) is 4.90 Å². The molecule has 25 heavy (non-hydrogen) atoms. The molecule has 1 N–H and O–H groups in total. The van der Waals surface area contributed by atoms with Crippen LogP contribution in [0.25, 0.3) is 10.9 Å². The van der Waals surface area contributed by atoms with Crippen LogP contribution in [0.2, 0.25) is 0 Å². The van der Waals surface area contributed by atoms with Crippen LogP contribution < -0.4 is 0 Å². The zero-order valence-corrected chi connectivity index (χ0v) is 14.5. The van der Waals surface area contributed by atoms with Gasteiger partial charge in [0.2, 0.25) is 10.0 Å². The van der Waals surface area contributed by atoms with Gasteiger partial charge in [-0.1, -0.05) is 18.2 Å². The number of H-pyrrole nitrogens is 1. The Labute approximate surface area is 146 Å². The maximum atomic E-state index is 13.3. The van der Waals surface area contributed by atoms with Crippen LogP contribution in [0.3, 0.4) is 0 Å². The third kappa shape index (κ3) is 3.07.